The molecule has 0 aliphatic carbocycles. The first-order valence-electron chi connectivity index (χ1n) is 3.71. The lowest BCUT2D eigenvalue weighted by Gasteiger charge is -2.13. The second kappa shape index (κ2) is 7.64. The van der Waals surface area contributed by atoms with Crippen molar-refractivity contribution in [1.82, 2.24) is 4.90 Å². The van der Waals surface area contributed by atoms with Crippen molar-refractivity contribution >= 4 is 30.4 Å². The Hall–Kier alpha value is 1.00. The van der Waals surface area contributed by atoms with Gasteiger partial charge < -0.3 is 9.08 Å². The Morgan fingerprint density at radius 1 is 1.55 bits per heavy atom. The third kappa shape index (κ3) is 8.91. The van der Waals surface area contributed by atoms with Gasteiger partial charge in [-0.05, 0) is 33.0 Å². The van der Waals surface area contributed by atoms with Gasteiger partial charge in [0.2, 0.25) is 0 Å². The van der Waals surface area contributed by atoms with Crippen LogP contribution in [-0.4, -0.2) is 32.1 Å². The molecule has 0 rings (SSSR count). The highest BCUT2D eigenvalue weighted by Crippen LogP contribution is 2.15. The normalized spacial score (nSPS) is 13.9. The third-order valence-electron chi connectivity index (χ3n) is 1.47. The van der Waals surface area contributed by atoms with Crippen LogP contribution in [0.15, 0.2) is 0 Å². The molecule has 0 aliphatic rings. The van der Waals surface area contributed by atoms with E-state index in [9.17, 15) is 0 Å². The Bertz CT molecular complexity index is 92.5. The summed E-state index contributed by atoms with van der Waals surface area (Å²) in [6, 6.07) is 0. The van der Waals surface area contributed by atoms with Gasteiger partial charge in [0.15, 0.2) is 0 Å². The van der Waals surface area contributed by atoms with Crippen LogP contribution >= 0.6 is 30.4 Å². The predicted octanol–water partition coefficient (Wildman–Crippen LogP) is 2.59. The molecule has 0 aromatic carbocycles. The zero-order valence-electron chi connectivity index (χ0n) is 7.34. The summed E-state index contributed by atoms with van der Waals surface area (Å²) in [5.41, 5.74) is 0. The third-order valence-corrected chi connectivity index (χ3v) is 2.45. The van der Waals surface area contributed by atoms with E-state index >= 15 is 0 Å². The molecule has 0 N–H and O–H groups in total. The van der Waals surface area contributed by atoms with Crippen LogP contribution in [0.4, 0.5) is 0 Å². The van der Waals surface area contributed by atoms with Crippen molar-refractivity contribution in [2.45, 2.75) is 13.3 Å². The maximum atomic E-state index is 5.21. The highest BCUT2D eigenvalue weighted by atomic mass is 127. The SMILES string of the molecule is C[C@H](CCN(C)C)COSI. The van der Waals surface area contributed by atoms with Crippen molar-refractivity contribution in [2.75, 3.05) is 27.2 Å². The standard InChI is InChI=1S/C7H16INOS/c1-7(6-10-11-8)4-5-9(2)3/h7H,4-6H2,1-3H3/t7-/m1/s1. The smallest absolute Gasteiger partial charge is 0.0650 e. The van der Waals surface area contributed by atoms with Crippen LogP contribution in [0.1, 0.15) is 13.3 Å². The summed E-state index contributed by atoms with van der Waals surface area (Å²) < 4.78 is 5.21. The van der Waals surface area contributed by atoms with Gasteiger partial charge in [0.25, 0.3) is 0 Å². The van der Waals surface area contributed by atoms with E-state index in [1.807, 2.05) is 0 Å². The molecule has 0 spiro atoms. The fraction of sp³-hybridized carbons (Fsp3) is 1.00. The van der Waals surface area contributed by atoms with Crippen LogP contribution in [0.5, 0.6) is 0 Å². The van der Waals surface area contributed by atoms with E-state index in [4.69, 9.17) is 4.18 Å². The lowest BCUT2D eigenvalue weighted by atomic mass is 10.1. The molecule has 0 heterocycles. The van der Waals surface area contributed by atoms with E-state index in [0.717, 1.165) is 13.2 Å². The van der Waals surface area contributed by atoms with Gasteiger partial charge in [-0.25, -0.2) is 0 Å². The average molecular weight is 289 g/mol. The van der Waals surface area contributed by atoms with Crippen molar-refractivity contribution in [2.24, 2.45) is 5.92 Å². The number of rotatable bonds is 6. The van der Waals surface area contributed by atoms with Crippen LogP contribution in [0.3, 0.4) is 0 Å². The Balaban J connectivity index is 3.15. The van der Waals surface area contributed by atoms with Crippen molar-refractivity contribution in [1.29, 1.82) is 0 Å². The number of halogens is 1. The average Bonchev–Trinajstić information content (AvgIpc) is 1.97. The second-order valence-corrected chi connectivity index (χ2v) is 4.49. The molecule has 68 valence electrons. The highest BCUT2D eigenvalue weighted by Gasteiger charge is 2.02. The molecule has 0 saturated carbocycles. The molecule has 0 aromatic heterocycles. The summed E-state index contributed by atoms with van der Waals surface area (Å²) in [6.07, 6.45) is 1.21. The molecular weight excluding hydrogens is 273 g/mol. The summed E-state index contributed by atoms with van der Waals surface area (Å²) in [5, 5.41) is 0. The molecule has 0 fully saturated rings. The fourth-order valence-electron chi connectivity index (χ4n) is 0.704. The highest BCUT2D eigenvalue weighted by molar-refractivity contribution is 14.2. The maximum absolute atomic E-state index is 5.21. The van der Waals surface area contributed by atoms with Crippen molar-refractivity contribution < 1.29 is 4.18 Å². The molecule has 2 nitrogen and oxygen atoms in total. The van der Waals surface area contributed by atoms with Gasteiger partial charge in [-0.15, -0.1) is 0 Å². The van der Waals surface area contributed by atoms with E-state index in [0.29, 0.717) is 5.92 Å². The van der Waals surface area contributed by atoms with Crippen LogP contribution < -0.4 is 0 Å². The van der Waals surface area contributed by atoms with Gasteiger partial charge >= 0.3 is 0 Å². The Kier molecular flexibility index (Phi) is 8.33. The van der Waals surface area contributed by atoms with Gasteiger partial charge in [-0.2, -0.15) is 0 Å². The first-order chi connectivity index (χ1) is 5.16. The second-order valence-electron chi connectivity index (χ2n) is 3.04. The topological polar surface area (TPSA) is 12.5 Å². The number of hydrogen-bond donors (Lipinski definition) is 0. The Morgan fingerprint density at radius 3 is 2.64 bits per heavy atom. The summed E-state index contributed by atoms with van der Waals surface area (Å²) in [7, 11) is 5.62. The first-order valence-corrected chi connectivity index (χ1v) is 7.00. The van der Waals surface area contributed by atoms with Crippen LogP contribution in [0, 0.1) is 5.92 Å². The van der Waals surface area contributed by atoms with Crippen LogP contribution in [0.25, 0.3) is 0 Å². The van der Waals surface area contributed by atoms with E-state index in [1.165, 1.54) is 15.6 Å². The maximum Gasteiger partial charge on any atom is 0.0650 e. The van der Waals surface area contributed by atoms with E-state index < -0.39 is 0 Å². The van der Waals surface area contributed by atoms with Gasteiger partial charge in [-0.1, -0.05) is 6.92 Å². The molecule has 4 heteroatoms. The molecule has 0 aliphatic heterocycles. The zero-order valence-corrected chi connectivity index (χ0v) is 10.3. The lowest BCUT2D eigenvalue weighted by molar-refractivity contribution is 0.270. The minimum atomic E-state index is 0.666. The minimum Gasteiger partial charge on any atom is -0.309 e. The summed E-state index contributed by atoms with van der Waals surface area (Å²) in [6.45, 7) is 4.23. The van der Waals surface area contributed by atoms with Crippen LogP contribution in [-0.2, 0) is 4.18 Å². The lowest BCUT2D eigenvalue weighted by Crippen LogP contribution is -2.17. The van der Waals surface area contributed by atoms with E-state index in [1.54, 1.807) is 0 Å². The van der Waals surface area contributed by atoms with Gasteiger partial charge in [0, 0.05) is 21.2 Å². The molecule has 11 heavy (non-hydrogen) atoms. The quantitative estimate of drug-likeness (QED) is 0.551. The molecule has 0 saturated heterocycles. The Labute approximate surface area is 85.8 Å². The number of hydrogen-bond acceptors (Lipinski definition) is 3. The zero-order chi connectivity index (χ0) is 8.69. The Morgan fingerprint density at radius 2 is 2.18 bits per heavy atom. The first kappa shape index (κ1) is 12.0. The molecule has 0 bridgehead atoms. The molecule has 0 radical (unpaired) electrons. The number of nitrogens with zero attached hydrogens (tertiary/aromatic N) is 1. The molecule has 1 atom stereocenters. The summed E-state index contributed by atoms with van der Waals surface area (Å²) >= 11 is 2.15. The predicted molar refractivity (Wildman–Crippen MR) is 59.9 cm³/mol. The van der Waals surface area contributed by atoms with Crippen molar-refractivity contribution in [3.05, 3.63) is 0 Å². The van der Waals surface area contributed by atoms with Gasteiger partial charge in [0.05, 0.1) is 15.8 Å². The molecule has 0 amide bonds. The van der Waals surface area contributed by atoms with Gasteiger partial charge in [0.1, 0.15) is 0 Å². The van der Waals surface area contributed by atoms with Crippen molar-refractivity contribution in [3.63, 3.8) is 0 Å². The van der Waals surface area contributed by atoms with E-state index in [-0.39, 0.29) is 0 Å². The van der Waals surface area contributed by atoms with Crippen molar-refractivity contribution in [3.8, 4) is 0 Å². The summed E-state index contributed by atoms with van der Waals surface area (Å²) in [4.78, 5) is 2.20. The molecule has 0 aromatic rings. The monoisotopic (exact) mass is 289 g/mol. The summed E-state index contributed by atoms with van der Waals surface area (Å²) in [5.74, 6) is 0.666. The molecular formula is C7H16INOS. The minimum absolute atomic E-state index is 0.666. The van der Waals surface area contributed by atoms with E-state index in [2.05, 4.69) is 47.1 Å². The van der Waals surface area contributed by atoms with Gasteiger partial charge in [-0.3, -0.25) is 0 Å². The molecule has 0 unspecified atom stereocenters. The van der Waals surface area contributed by atoms with Crippen LogP contribution in [0.2, 0.25) is 0 Å². The fourth-order valence-corrected chi connectivity index (χ4v) is 1.43. The largest absolute Gasteiger partial charge is 0.309 e.